The average molecular weight is 534 g/mol. The van der Waals surface area contributed by atoms with Gasteiger partial charge in [-0.15, -0.1) is 0 Å². The van der Waals surface area contributed by atoms with Crippen LogP contribution < -0.4 is 0 Å². The van der Waals surface area contributed by atoms with Crippen molar-refractivity contribution < 1.29 is 0 Å². The largest absolute Gasteiger partial charge is 0.256 e. The zero-order chi connectivity index (χ0) is 27.6. The van der Waals surface area contributed by atoms with Gasteiger partial charge < -0.3 is 0 Å². The summed E-state index contributed by atoms with van der Waals surface area (Å²) in [5, 5.41) is 12.3. The third-order valence-electron chi connectivity index (χ3n) is 8.58. The highest BCUT2D eigenvalue weighted by molar-refractivity contribution is 6.25. The number of pyridine rings is 1. The molecule has 0 aliphatic heterocycles. The predicted octanol–water partition coefficient (Wildman–Crippen LogP) is 10.1. The number of hydrogen-bond acceptors (Lipinski definition) is 3. The first-order valence-electron chi connectivity index (χ1n) is 14.2. The standard InChI is InChI=1S/C39H23N3/c1-3-11-31-29(9-1)37(30-10-2-4-12-32(30)38(31)39-40-21-6-22-41-39)34-20-17-27(23-42-34)28-18-15-26-14-13-24-7-5-8-25-16-19-33(28)36(26)35(24)25/h1-23H. The second-order valence-corrected chi connectivity index (χ2v) is 10.8. The highest BCUT2D eigenvalue weighted by atomic mass is 14.9. The van der Waals surface area contributed by atoms with Crippen LogP contribution in [0.2, 0.25) is 0 Å². The van der Waals surface area contributed by atoms with Crippen LogP contribution in [-0.4, -0.2) is 15.0 Å². The first-order valence-corrected chi connectivity index (χ1v) is 14.2. The normalized spacial score (nSPS) is 11.8. The molecule has 194 valence electrons. The highest BCUT2D eigenvalue weighted by Gasteiger charge is 2.19. The van der Waals surface area contributed by atoms with Gasteiger partial charge in [-0.05, 0) is 71.6 Å². The molecule has 0 atom stereocenters. The van der Waals surface area contributed by atoms with Crippen LogP contribution in [0.25, 0.3) is 87.6 Å². The summed E-state index contributed by atoms with van der Waals surface area (Å²) in [7, 11) is 0. The third kappa shape index (κ3) is 3.31. The fourth-order valence-corrected chi connectivity index (χ4v) is 6.76. The van der Waals surface area contributed by atoms with Crippen molar-refractivity contribution in [3.8, 4) is 33.8 Å². The van der Waals surface area contributed by atoms with Crippen molar-refractivity contribution >= 4 is 53.9 Å². The smallest absolute Gasteiger partial charge is 0.160 e. The number of nitrogens with zero attached hydrogens (tertiary/aromatic N) is 3. The molecule has 9 rings (SSSR count). The summed E-state index contributed by atoms with van der Waals surface area (Å²) in [6.45, 7) is 0. The fourth-order valence-electron chi connectivity index (χ4n) is 6.76. The maximum atomic E-state index is 5.11. The molecule has 0 aliphatic rings. The molecule has 0 spiro atoms. The second-order valence-electron chi connectivity index (χ2n) is 10.8. The van der Waals surface area contributed by atoms with Gasteiger partial charge in [-0.2, -0.15) is 0 Å². The van der Waals surface area contributed by atoms with E-state index in [9.17, 15) is 0 Å². The van der Waals surface area contributed by atoms with E-state index in [1.165, 1.54) is 37.9 Å². The Morgan fingerprint density at radius 1 is 0.381 bits per heavy atom. The molecular weight excluding hydrogens is 510 g/mol. The predicted molar refractivity (Wildman–Crippen MR) is 175 cm³/mol. The molecule has 3 nitrogen and oxygen atoms in total. The average Bonchev–Trinajstić information content (AvgIpc) is 3.06. The molecule has 0 saturated carbocycles. The summed E-state index contributed by atoms with van der Waals surface area (Å²) in [6, 6.07) is 43.2. The summed E-state index contributed by atoms with van der Waals surface area (Å²) >= 11 is 0. The molecule has 0 N–H and O–H groups in total. The Balaban J connectivity index is 1.26. The van der Waals surface area contributed by atoms with Gasteiger partial charge in [0.2, 0.25) is 0 Å². The van der Waals surface area contributed by atoms with Crippen molar-refractivity contribution in [1.29, 1.82) is 0 Å². The maximum absolute atomic E-state index is 5.11. The monoisotopic (exact) mass is 533 g/mol. The van der Waals surface area contributed by atoms with E-state index >= 15 is 0 Å². The molecule has 2 aromatic heterocycles. The van der Waals surface area contributed by atoms with Crippen LogP contribution in [0.5, 0.6) is 0 Å². The third-order valence-corrected chi connectivity index (χ3v) is 8.58. The van der Waals surface area contributed by atoms with Crippen molar-refractivity contribution in [2.45, 2.75) is 0 Å². The fraction of sp³-hybridized carbons (Fsp3) is 0. The molecule has 0 saturated heterocycles. The number of rotatable bonds is 3. The van der Waals surface area contributed by atoms with Crippen LogP contribution in [-0.2, 0) is 0 Å². The topological polar surface area (TPSA) is 38.7 Å². The summed E-state index contributed by atoms with van der Waals surface area (Å²) in [6.07, 6.45) is 5.64. The number of fused-ring (bicyclic) bond motifs is 2. The number of hydrogen-bond donors (Lipinski definition) is 0. The maximum Gasteiger partial charge on any atom is 0.160 e. The molecule has 0 unspecified atom stereocenters. The summed E-state index contributed by atoms with van der Waals surface area (Å²) in [4.78, 5) is 14.4. The lowest BCUT2D eigenvalue weighted by Crippen LogP contribution is -1.95. The van der Waals surface area contributed by atoms with Crippen LogP contribution >= 0.6 is 0 Å². The van der Waals surface area contributed by atoms with E-state index in [4.69, 9.17) is 4.98 Å². The van der Waals surface area contributed by atoms with Crippen LogP contribution in [0.4, 0.5) is 0 Å². The van der Waals surface area contributed by atoms with Gasteiger partial charge >= 0.3 is 0 Å². The lowest BCUT2D eigenvalue weighted by molar-refractivity contribution is 1.18. The minimum absolute atomic E-state index is 0.730. The molecule has 0 aliphatic carbocycles. The van der Waals surface area contributed by atoms with Crippen LogP contribution in [0.1, 0.15) is 0 Å². The van der Waals surface area contributed by atoms with Gasteiger partial charge in [-0.1, -0.05) is 109 Å². The second kappa shape index (κ2) is 8.92. The molecule has 0 radical (unpaired) electrons. The van der Waals surface area contributed by atoms with Crippen molar-refractivity contribution in [2.24, 2.45) is 0 Å². The lowest BCUT2D eigenvalue weighted by Gasteiger charge is -2.17. The van der Waals surface area contributed by atoms with Crippen molar-refractivity contribution in [1.82, 2.24) is 15.0 Å². The Bertz CT molecular complexity index is 2370. The van der Waals surface area contributed by atoms with E-state index in [1.807, 2.05) is 12.3 Å². The minimum atomic E-state index is 0.730. The first-order chi connectivity index (χ1) is 20.8. The highest BCUT2D eigenvalue weighted by Crippen LogP contribution is 2.43. The number of benzene rings is 7. The van der Waals surface area contributed by atoms with E-state index < -0.39 is 0 Å². The summed E-state index contributed by atoms with van der Waals surface area (Å²) in [5.74, 6) is 0.730. The Morgan fingerprint density at radius 2 is 0.976 bits per heavy atom. The van der Waals surface area contributed by atoms with Crippen LogP contribution in [0.3, 0.4) is 0 Å². The quantitative estimate of drug-likeness (QED) is 0.167. The van der Waals surface area contributed by atoms with Gasteiger partial charge in [0, 0.05) is 35.3 Å². The molecule has 42 heavy (non-hydrogen) atoms. The van der Waals surface area contributed by atoms with Gasteiger partial charge in [0.1, 0.15) is 0 Å². The van der Waals surface area contributed by atoms with Crippen LogP contribution in [0, 0.1) is 0 Å². The van der Waals surface area contributed by atoms with Gasteiger partial charge in [0.15, 0.2) is 5.82 Å². The van der Waals surface area contributed by atoms with Crippen LogP contribution in [0.15, 0.2) is 140 Å². The molecule has 7 aromatic carbocycles. The van der Waals surface area contributed by atoms with Gasteiger partial charge in [-0.3, -0.25) is 4.98 Å². The van der Waals surface area contributed by atoms with E-state index in [0.29, 0.717) is 0 Å². The molecule has 0 amide bonds. The Morgan fingerprint density at radius 3 is 1.62 bits per heavy atom. The van der Waals surface area contributed by atoms with E-state index in [1.54, 1.807) is 12.4 Å². The summed E-state index contributed by atoms with van der Waals surface area (Å²) < 4.78 is 0. The van der Waals surface area contributed by atoms with E-state index in [0.717, 1.165) is 49.8 Å². The molecule has 0 fully saturated rings. The SMILES string of the molecule is c1cnc(-c2c3ccccc3c(-c3ccc(-c4ccc5ccc6cccc7ccc4c5c67)cn3)c3ccccc23)nc1. The number of aromatic nitrogens is 3. The Labute approximate surface area is 242 Å². The summed E-state index contributed by atoms with van der Waals surface area (Å²) in [5.41, 5.74) is 5.44. The Kier molecular flexibility index (Phi) is 4.90. The molecule has 0 bridgehead atoms. The van der Waals surface area contributed by atoms with Crippen molar-refractivity contribution in [3.05, 3.63) is 140 Å². The zero-order valence-corrected chi connectivity index (χ0v) is 22.6. The van der Waals surface area contributed by atoms with Crippen molar-refractivity contribution in [2.75, 3.05) is 0 Å². The van der Waals surface area contributed by atoms with Gasteiger partial charge in [0.05, 0.1) is 5.69 Å². The zero-order valence-electron chi connectivity index (χ0n) is 22.6. The lowest BCUT2D eigenvalue weighted by atomic mass is 9.89. The first kappa shape index (κ1) is 23.1. The van der Waals surface area contributed by atoms with E-state index in [-0.39, 0.29) is 0 Å². The minimum Gasteiger partial charge on any atom is -0.256 e. The molecule has 9 aromatic rings. The van der Waals surface area contributed by atoms with E-state index in [2.05, 4.69) is 125 Å². The Hall–Kier alpha value is -5.67. The molecule has 3 heteroatoms. The molecular formula is C39H23N3. The van der Waals surface area contributed by atoms with Crippen molar-refractivity contribution in [3.63, 3.8) is 0 Å². The molecule has 2 heterocycles. The van der Waals surface area contributed by atoms with Gasteiger partial charge in [0.25, 0.3) is 0 Å². The van der Waals surface area contributed by atoms with Gasteiger partial charge in [-0.25, -0.2) is 9.97 Å².